The normalized spacial score (nSPS) is 17.4. The fourth-order valence-electron chi connectivity index (χ4n) is 2.56. The molecule has 0 bridgehead atoms. The molecule has 1 aliphatic rings. The Morgan fingerprint density at radius 3 is 2.96 bits per heavy atom. The van der Waals surface area contributed by atoms with E-state index in [1.54, 1.807) is 13.8 Å². The first-order chi connectivity index (χ1) is 11.0. The van der Waals surface area contributed by atoms with Crippen LogP contribution in [-0.2, 0) is 4.74 Å². The monoisotopic (exact) mass is 318 g/mol. The predicted molar refractivity (Wildman–Crippen MR) is 80.0 cm³/mol. The summed E-state index contributed by atoms with van der Waals surface area (Å²) in [5.74, 6) is -0.544. The lowest BCUT2D eigenvalue weighted by molar-refractivity contribution is 0.0524. The van der Waals surface area contributed by atoms with Gasteiger partial charge < -0.3 is 15.2 Å². The van der Waals surface area contributed by atoms with E-state index in [2.05, 4.69) is 10.3 Å². The van der Waals surface area contributed by atoms with Gasteiger partial charge in [0.05, 0.1) is 35.2 Å². The third kappa shape index (κ3) is 3.40. The summed E-state index contributed by atoms with van der Waals surface area (Å²) in [4.78, 5) is 28.9. The summed E-state index contributed by atoms with van der Waals surface area (Å²) in [6.07, 6.45) is -1.06. The number of pyridine rings is 1. The van der Waals surface area contributed by atoms with E-state index in [-0.39, 0.29) is 17.7 Å². The maximum Gasteiger partial charge on any atom is 0.407 e. The molecule has 0 saturated carbocycles. The molecule has 1 unspecified atom stereocenters. The van der Waals surface area contributed by atoms with Crippen LogP contribution in [0.15, 0.2) is 6.07 Å². The standard InChI is InChI=1S/C15H18N4O4/c1-3-23-14(20)11-6-10(7-16)13(18-9(11)2)12-8-17-4-5-19(12)15(21)22/h6,12,17H,3-5,8H2,1-2H3,(H,21,22). The van der Waals surface area contributed by atoms with Gasteiger partial charge in [-0.2, -0.15) is 5.26 Å². The summed E-state index contributed by atoms with van der Waals surface area (Å²) in [6.45, 7) is 4.78. The van der Waals surface area contributed by atoms with Crippen molar-refractivity contribution in [3.8, 4) is 6.07 Å². The molecule has 1 aromatic rings. The van der Waals surface area contributed by atoms with Crippen LogP contribution < -0.4 is 5.32 Å². The van der Waals surface area contributed by atoms with Gasteiger partial charge in [0.1, 0.15) is 6.07 Å². The number of carboxylic acid groups (broad SMARTS) is 1. The number of carbonyl (C=O) groups is 2. The molecule has 1 atom stereocenters. The molecule has 2 rings (SSSR count). The quantitative estimate of drug-likeness (QED) is 0.801. The Morgan fingerprint density at radius 2 is 2.35 bits per heavy atom. The molecule has 0 spiro atoms. The van der Waals surface area contributed by atoms with Crippen molar-refractivity contribution in [2.45, 2.75) is 19.9 Å². The number of esters is 1. The van der Waals surface area contributed by atoms with Crippen LogP contribution in [0, 0.1) is 18.3 Å². The second-order valence-corrected chi connectivity index (χ2v) is 5.08. The summed E-state index contributed by atoms with van der Waals surface area (Å²) in [6, 6.07) is 2.86. The molecule has 122 valence electrons. The Bertz CT molecular complexity index is 668. The summed E-state index contributed by atoms with van der Waals surface area (Å²) >= 11 is 0. The zero-order valence-corrected chi connectivity index (χ0v) is 13.0. The third-order valence-corrected chi connectivity index (χ3v) is 3.66. The predicted octanol–water partition coefficient (Wildman–Crippen LogP) is 1.06. The molecular weight excluding hydrogens is 300 g/mol. The molecule has 1 aliphatic heterocycles. The zero-order chi connectivity index (χ0) is 17.0. The molecule has 2 N–H and O–H groups in total. The molecule has 23 heavy (non-hydrogen) atoms. The first kappa shape index (κ1) is 16.7. The number of hydrogen-bond donors (Lipinski definition) is 2. The number of carbonyl (C=O) groups excluding carboxylic acids is 1. The molecule has 2 heterocycles. The summed E-state index contributed by atoms with van der Waals surface area (Å²) < 4.78 is 4.95. The lowest BCUT2D eigenvalue weighted by atomic mass is 10.0. The number of rotatable bonds is 3. The maximum absolute atomic E-state index is 11.9. The number of nitrogens with one attached hydrogen (secondary N) is 1. The SMILES string of the molecule is CCOC(=O)c1cc(C#N)c(C2CNCCN2C(=O)O)nc1C. The van der Waals surface area contributed by atoms with Gasteiger partial charge in [-0.25, -0.2) is 9.59 Å². The topological polar surface area (TPSA) is 116 Å². The van der Waals surface area contributed by atoms with E-state index < -0.39 is 18.1 Å². The van der Waals surface area contributed by atoms with Gasteiger partial charge in [0, 0.05) is 19.6 Å². The molecular formula is C15H18N4O4. The molecule has 1 saturated heterocycles. The van der Waals surface area contributed by atoms with Crippen molar-refractivity contribution in [1.82, 2.24) is 15.2 Å². The molecule has 8 heteroatoms. The Kier molecular flexibility index (Phi) is 5.13. The van der Waals surface area contributed by atoms with E-state index in [9.17, 15) is 20.0 Å². The Labute approximate surface area is 133 Å². The summed E-state index contributed by atoms with van der Waals surface area (Å²) in [7, 11) is 0. The van der Waals surface area contributed by atoms with Crippen molar-refractivity contribution in [3.05, 3.63) is 28.6 Å². The molecule has 1 aromatic heterocycles. The zero-order valence-electron chi connectivity index (χ0n) is 13.0. The second-order valence-electron chi connectivity index (χ2n) is 5.08. The van der Waals surface area contributed by atoms with Crippen LogP contribution in [0.3, 0.4) is 0 Å². The van der Waals surface area contributed by atoms with Crippen LogP contribution in [0.5, 0.6) is 0 Å². The number of aryl methyl sites for hydroxylation is 1. The minimum Gasteiger partial charge on any atom is -0.465 e. The molecule has 0 radical (unpaired) electrons. The molecule has 0 aromatic carbocycles. The smallest absolute Gasteiger partial charge is 0.407 e. The van der Waals surface area contributed by atoms with E-state index in [1.807, 2.05) is 6.07 Å². The highest BCUT2D eigenvalue weighted by molar-refractivity contribution is 5.91. The van der Waals surface area contributed by atoms with E-state index in [4.69, 9.17) is 4.74 Å². The van der Waals surface area contributed by atoms with Crippen LogP contribution in [0.2, 0.25) is 0 Å². The summed E-state index contributed by atoms with van der Waals surface area (Å²) in [5, 5.41) is 21.8. The van der Waals surface area contributed by atoms with Crippen molar-refractivity contribution in [2.75, 3.05) is 26.2 Å². The molecule has 1 fully saturated rings. The van der Waals surface area contributed by atoms with Gasteiger partial charge in [-0.05, 0) is 19.9 Å². The van der Waals surface area contributed by atoms with Crippen LogP contribution in [0.1, 0.15) is 40.3 Å². The van der Waals surface area contributed by atoms with E-state index in [0.29, 0.717) is 31.0 Å². The highest BCUT2D eigenvalue weighted by Gasteiger charge is 2.31. The van der Waals surface area contributed by atoms with Gasteiger partial charge in [0.2, 0.25) is 0 Å². The largest absolute Gasteiger partial charge is 0.465 e. The number of ether oxygens (including phenoxy) is 1. The third-order valence-electron chi connectivity index (χ3n) is 3.66. The van der Waals surface area contributed by atoms with Crippen LogP contribution in [0.4, 0.5) is 4.79 Å². The van der Waals surface area contributed by atoms with Crippen molar-refractivity contribution >= 4 is 12.1 Å². The van der Waals surface area contributed by atoms with Crippen LogP contribution in [0.25, 0.3) is 0 Å². The Morgan fingerprint density at radius 1 is 1.61 bits per heavy atom. The lowest BCUT2D eigenvalue weighted by Crippen LogP contribution is -2.48. The number of hydrogen-bond acceptors (Lipinski definition) is 6. The Hall–Kier alpha value is -2.66. The van der Waals surface area contributed by atoms with Crippen molar-refractivity contribution in [1.29, 1.82) is 5.26 Å². The minimum atomic E-state index is -1.06. The fourth-order valence-corrected chi connectivity index (χ4v) is 2.56. The van der Waals surface area contributed by atoms with Crippen LogP contribution in [-0.4, -0.2) is 53.3 Å². The minimum absolute atomic E-state index is 0.179. The maximum atomic E-state index is 11.9. The van der Waals surface area contributed by atoms with Crippen molar-refractivity contribution in [3.63, 3.8) is 0 Å². The van der Waals surface area contributed by atoms with Crippen molar-refractivity contribution < 1.29 is 19.4 Å². The van der Waals surface area contributed by atoms with Gasteiger partial charge >= 0.3 is 12.1 Å². The van der Waals surface area contributed by atoms with E-state index in [1.165, 1.54) is 11.0 Å². The van der Waals surface area contributed by atoms with Gasteiger partial charge in [0.25, 0.3) is 0 Å². The van der Waals surface area contributed by atoms with Gasteiger partial charge in [-0.3, -0.25) is 9.88 Å². The Balaban J connectivity index is 2.46. The van der Waals surface area contributed by atoms with Gasteiger partial charge in [-0.15, -0.1) is 0 Å². The highest BCUT2D eigenvalue weighted by Crippen LogP contribution is 2.25. The van der Waals surface area contributed by atoms with Crippen molar-refractivity contribution in [2.24, 2.45) is 0 Å². The second kappa shape index (κ2) is 7.07. The number of nitriles is 1. The average molecular weight is 318 g/mol. The number of piperazine rings is 1. The van der Waals surface area contributed by atoms with Gasteiger partial charge in [-0.1, -0.05) is 0 Å². The first-order valence-corrected chi connectivity index (χ1v) is 7.28. The van der Waals surface area contributed by atoms with E-state index in [0.717, 1.165) is 0 Å². The molecule has 1 amide bonds. The average Bonchev–Trinajstić information content (AvgIpc) is 2.54. The van der Waals surface area contributed by atoms with E-state index >= 15 is 0 Å². The van der Waals surface area contributed by atoms with Crippen LogP contribution >= 0.6 is 0 Å². The number of aromatic nitrogens is 1. The number of nitrogens with zero attached hydrogens (tertiary/aromatic N) is 3. The molecule has 8 nitrogen and oxygen atoms in total. The first-order valence-electron chi connectivity index (χ1n) is 7.28. The summed E-state index contributed by atoms with van der Waals surface area (Å²) in [5.41, 5.74) is 1.16. The fraction of sp³-hybridized carbons (Fsp3) is 0.467. The highest BCUT2D eigenvalue weighted by atomic mass is 16.5. The van der Waals surface area contributed by atoms with Gasteiger partial charge in [0.15, 0.2) is 0 Å². The lowest BCUT2D eigenvalue weighted by Gasteiger charge is -2.34. The number of amides is 1. The molecule has 0 aliphatic carbocycles.